The van der Waals surface area contributed by atoms with Crippen LogP contribution in [0.1, 0.15) is 19.4 Å². The summed E-state index contributed by atoms with van der Waals surface area (Å²) in [7, 11) is 1.70. The number of nitrogens with zero attached hydrogens (tertiary/aromatic N) is 2. The molecule has 0 atom stereocenters. The van der Waals surface area contributed by atoms with Gasteiger partial charge in [-0.1, -0.05) is 31.5 Å². The Hall–Kier alpha value is -1.94. The fraction of sp³-hybridized carbons (Fsp3) is 0.294. The van der Waals surface area contributed by atoms with Crippen LogP contribution in [-0.2, 0) is 4.79 Å². The van der Waals surface area contributed by atoms with Gasteiger partial charge in [0.15, 0.2) is 0 Å². The van der Waals surface area contributed by atoms with Gasteiger partial charge >= 0.3 is 0 Å². The molecule has 0 radical (unpaired) electrons. The monoisotopic (exact) mass is 320 g/mol. The van der Waals surface area contributed by atoms with Crippen molar-refractivity contribution in [2.75, 3.05) is 11.9 Å². The van der Waals surface area contributed by atoms with Gasteiger partial charge in [-0.05, 0) is 36.2 Å². The molecule has 0 fully saturated rings. The van der Waals surface area contributed by atoms with Crippen LogP contribution in [0.4, 0.5) is 10.1 Å². The van der Waals surface area contributed by atoms with E-state index in [9.17, 15) is 9.18 Å². The Morgan fingerprint density at radius 2 is 1.95 bits per heavy atom. The lowest BCUT2D eigenvalue weighted by Gasteiger charge is -2.23. The number of carbonyl (C=O) groups is 1. The summed E-state index contributed by atoms with van der Waals surface area (Å²) in [6.45, 7) is 5.50. The van der Waals surface area contributed by atoms with Gasteiger partial charge < -0.3 is 4.90 Å². The van der Waals surface area contributed by atoms with Crippen molar-refractivity contribution in [2.45, 2.75) is 20.8 Å². The molecular formula is C17H18ClFN2O. The van der Waals surface area contributed by atoms with E-state index in [1.54, 1.807) is 30.3 Å². The number of hydrogen-bond donors (Lipinski definition) is 0. The molecule has 0 aliphatic rings. The lowest BCUT2D eigenvalue weighted by molar-refractivity contribution is -0.121. The Labute approximate surface area is 134 Å². The van der Waals surface area contributed by atoms with Gasteiger partial charge in [-0.3, -0.25) is 4.79 Å². The van der Waals surface area contributed by atoms with Gasteiger partial charge in [0.25, 0.3) is 0 Å². The highest BCUT2D eigenvalue weighted by Gasteiger charge is 2.20. The average Bonchev–Trinajstić information content (AvgIpc) is 2.45. The van der Waals surface area contributed by atoms with Crippen LogP contribution in [0.5, 0.6) is 0 Å². The predicted molar refractivity (Wildman–Crippen MR) is 87.6 cm³/mol. The molecule has 0 aliphatic heterocycles. The normalized spacial score (nSPS) is 10.9. The number of aromatic nitrogens is 1. The number of rotatable bonds is 3. The molecule has 2 rings (SSSR count). The minimum absolute atomic E-state index is 0.0230. The number of aryl methyl sites for hydroxylation is 1. The first kappa shape index (κ1) is 16.4. The second-order valence-electron chi connectivity index (χ2n) is 5.54. The molecule has 0 bridgehead atoms. The summed E-state index contributed by atoms with van der Waals surface area (Å²) in [4.78, 5) is 17.9. The van der Waals surface area contributed by atoms with Crippen LogP contribution in [0, 0.1) is 18.7 Å². The van der Waals surface area contributed by atoms with Crippen molar-refractivity contribution in [2.24, 2.45) is 5.92 Å². The van der Waals surface area contributed by atoms with E-state index in [0.29, 0.717) is 10.8 Å². The third-order valence-electron chi connectivity index (χ3n) is 3.51. The average molecular weight is 321 g/mol. The fourth-order valence-electron chi connectivity index (χ4n) is 2.34. The molecule has 1 amide bonds. The van der Waals surface area contributed by atoms with Crippen molar-refractivity contribution in [1.82, 2.24) is 4.98 Å². The molecule has 22 heavy (non-hydrogen) atoms. The molecule has 0 saturated heterocycles. The van der Waals surface area contributed by atoms with Crippen molar-refractivity contribution in [3.8, 4) is 11.1 Å². The van der Waals surface area contributed by atoms with Gasteiger partial charge in [0.05, 0.1) is 11.9 Å². The van der Waals surface area contributed by atoms with E-state index in [1.165, 1.54) is 12.1 Å². The zero-order valence-corrected chi connectivity index (χ0v) is 13.8. The predicted octanol–water partition coefficient (Wildman–Crippen LogP) is 4.47. The van der Waals surface area contributed by atoms with Gasteiger partial charge in [0, 0.05) is 18.5 Å². The van der Waals surface area contributed by atoms with Crippen molar-refractivity contribution < 1.29 is 9.18 Å². The SMILES string of the molecule is Cc1cc(F)ccc1-c1cc(Cl)ncc1N(C)C(=O)C(C)C. The van der Waals surface area contributed by atoms with Crippen molar-refractivity contribution in [3.63, 3.8) is 0 Å². The van der Waals surface area contributed by atoms with Gasteiger partial charge in [0.2, 0.25) is 5.91 Å². The highest BCUT2D eigenvalue weighted by Crippen LogP contribution is 2.34. The second-order valence-corrected chi connectivity index (χ2v) is 5.92. The molecule has 0 aliphatic carbocycles. The van der Waals surface area contributed by atoms with E-state index in [-0.39, 0.29) is 17.6 Å². The zero-order valence-electron chi connectivity index (χ0n) is 13.0. The van der Waals surface area contributed by atoms with Crippen LogP contribution in [0.15, 0.2) is 30.5 Å². The fourth-order valence-corrected chi connectivity index (χ4v) is 2.50. The maximum Gasteiger partial charge on any atom is 0.229 e. The first-order valence-electron chi connectivity index (χ1n) is 7.01. The Morgan fingerprint density at radius 3 is 2.55 bits per heavy atom. The number of amides is 1. The highest BCUT2D eigenvalue weighted by molar-refractivity contribution is 6.29. The van der Waals surface area contributed by atoms with Crippen LogP contribution >= 0.6 is 11.6 Å². The summed E-state index contributed by atoms with van der Waals surface area (Å²) >= 11 is 6.01. The highest BCUT2D eigenvalue weighted by atomic mass is 35.5. The third kappa shape index (κ3) is 3.28. The topological polar surface area (TPSA) is 33.2 Å². The minimum Gasteiger partial charge on any atom is -0.313 e. The Morgan fingerprint density at radius 1 is 1.27 bits per heavy atom. The van der Waals surface area contributed by atoms with Crippen LogP contribution < -0.4 is 4.90 Å². The lowest BCUT2D eigenvalue weighted by atomic mass is 9.99. The number of pyridine rings is 1. The van der Waals surface area contributed by atoms with Gasteiger partial charge in [-0.2, -0.15) is 0 Å². The molecule has 1 aromatic heterocycles. The maximum absolute atomic E-state index is 13.3. The number of benzene rings is 1. The quantitative estimate of drug-likeness (QED) is 0.782. The number of hydrogen-bond acceptors (Lipinski definition) is 2. The summed E-state index contributed by atoms with van der Waals surface area (Å²) < 4.78 is 13.3. The van der Waals surface area contributed by atoms with E-state index in [1.807, 2.05) is 20.8 Å². The largest absolute Gasteiger partial charge is 0.313 e. The molecule has 1 heterocycles. The smallest absolute Gasteiger partial charge is 0.229 e. The molecule has 3 nitrogen and oxygen atoms in total. The Kier molecular flexibility index (Phi) is 4.81. The zero-order chi connectivity index (χ0) is 16.4. The van der Waals surface area contributed by atoms with E-state index in [2.05, 4.69) is 4.98 Å². The van der Waals surface area contributed by atoms with E-state index >= 15 is 0 Å². The van der Waals surface area contributed by atoms with Crippen molar-refractivity contribution in [1.29, 1.82) is 0 Å². The molecule has 0 saturated carbocycles. The second kappa shape index (κ2) is 6.44. The molecule has 0 unspecified atom stereocenters. The molecule has 0 N–H and O–H groups in total. The molecule has 1 aromatic carbocycles. The molecule has 2 aromatic rings. The number of carbonyl (C=O) groups excluding carboxylic acids is 1. The summed E-state index contributed by atoms with van der Waals surface area (Å²) in [5, 5.41) is 0.327. The van der Waals surface area contributed by atoms with E-state index < -0.39 is 0 Å². The Bertz CT molecular complexity index is 716. The van der Waals surface area contributed by atoms with E-state index in [0.717, 1.165) is 16.7 Å². The van der Waals surface area contributed by atoms with Gasteiger partial charge in [-0.15, -0.1) is 0 Å². The first-order valence-corrected chi connectivity index (χ1v) is 7.38. The Balaban J connectivity index is 2.60. The number of anilines is 1. The summed E-state index contributed by atoms with van der Waals surface area (Å²) in [5.74, 6) is -0.456. The number of halogens is 2. The van der Waals surface area contributed by atoms with Crippen molar-refractivity contribution in [3.05, 3.63) is 47.0 Å². The van der Waals surface area contributed by atoms with Crippen LogP contribution in [0.3, 0.4) is 0 Å². The maximum atomic E-state index is 13.3. The van der Waals surface area contributed by atoms with Crippen LogP contribution in [-0.4, -0.2) is 17.9 Å². The molecule has 0 spiro atoms. The third-order valence-corrected chi connectivity index (χ3v) is 3.72. The standard InChI is InChI=1S/C17H18ClFN2O/c1-10(2)17(22)21(4)15-9-20-16(18)8-14(15)13-6-5-12(19)7-11(13)3/h5-10H,1-4H3. The first-order chi connectivity index (χ1) is 10.3. The summed E-state index contributed by atoms with van der Waals surface area (Å²) in [6.07, 6.45) is 1.57. The molecule has 5 heteroatoms. The lowest BCUT2D eigenvalue weighted by Crippen LogP contribution is -2.30. The summed E-state index contributed by atoms with van der Waals surface area (Å²) in [6, 6.07) is 6.23. The van der Waals surface area contributed by atoms with Gasteiger partial charge in [-0.25, -0.2) is 9.37 Å². The van der Waals surface area contributed by atoms with Crippen LogP contribution in [0.2, 0.25) is 5.15 Å². The van der Waals surface area contributed by atoms with Crippen LogP contribution in [0.25, 0.3) is 11.1 Å². The van der Waals surface area contributed by atoms with E-state index in [4.69, 9.17) is 11.6 Å². The summed E-state index contributed by atoms with van der Waals surface area (Å²) in [5.41, 5.74) is 3.00. The molecular weight excluding hydrogens is 303 g/mol. The minimum atomic E-state index is -0.297. The molecule has 116 valence electrons. The van der Waals surface area contributed by atoms with Crippen molar-refractivity contribution >= 4 is 23.2 Å². The van der Waals surface area contributed by atoms with Gasteiger partial charge in [0.1, 0.15) is 11.0 Å².